The summed E-state index contributed by atoms with van der Waals surface area (Å²) in [6, 6.07) is 2.11. The number of nitrogens with one attached hydrogen (secondary N) is 2. The molecule has 0 aliphatic carbocycles. The van der Waals surface area contributed by atoms with Crippen molar-refractivity contribution in [2.45, 2.75) is 30.6 Å². The fraction of sp³-hybridized carbons (Fsp3) is 0.409. The molecule has 5 rings (SSSR count). The monoisotopic (exact) mass is 570 g/mol. The maximum absolute atomic E-state index is 13.8. The summed E-state index contributed by atoms with van der Waals surface area (Å²) in [4.78, 5) is 24.3. The number of fused-ring (bicyclic) bond motifs is 2. The molecule has 3 aliphatic heterocycles. The van der Waals surface area contributed by atoms with Gasteiger partial charge in [0.05, 0.1) is 31.9 Å². The second kappa shape index (κ2) is 10.4. The van der Waals surface area contributed by atoms with Crippen LogP contribution in [0.5, 0.6) is 0 Å². The number of carbonyl (C=O) groups is 1. The van der Waals surface area contributed by atoms with Crippen LogP contribution in [0.25, 0.3) is 0 Å². The van der Waals surface area contributed by atoms with E-state index in [2.05, 4.69) is 19.9 Å². The molecule has 0 unspecified atom stereocenters. The maximum Gasteiger partial charge on any atom is 0.338 e. The second-order valence-electron chi connectivity index (χ2n) is 8.83. The smallest absolute Gasteiger partial charge is 0.338 e. The number of aromatic nitrogens is 1. The quantitative estimate of drug-likeness (QED) is 0.419. The molecule has 1 aromatic carbocycles. The number of aliphatic imine (C=N–C) groups is 1. The number of hydrogen-bond acceptors (Lipinski definition) is 10. The highest BCUT2D eigenvalue weighted by Gasteiger charge is 2.46. The zero-order valence-corrected chi connectivity index (χ0v) is 21.9. The Morgan fingerprint density at radius 3 is 2.92 bits per heavy atom. The van der Waals surface area contributed by atoms with Gasteiger partial charge in [0.15, 0.2) is 10.8 Å². The van der Waals surface area contributed by atoms with E-state index in [-0.39, 0.29) is 35.8 Å². The summed E-state index contributed by atoms with van der Waals surface area (Å²) in [7, 11) is -2.66. The molecule has 198 valence electrons. The maximum atomic E-state index is 13.8. The molecule has 11 nitrogen and oxygen atoms in total. The molecule has 2 aromatic rings. The third-order valence-corrected chi connectivity index (χ3v) is 8.30. The Balaban J connectivity index is 1.57. The highest BCUT2D eigenvalue weighted by Crippen LogP contribution is 2.38. The van der Waals surface area contributed by atoms with Crippen LogP contribution >= 0.6 is 22.9 Å². The largest absolute Gasteiger partial charge is 0.466 e. The summed E-state index contributed by atoms with van der Waals surface area (Å²) in [5, 5.41) is 11.0. The number of rotatable bonds is 7. The minimum atomic E-state index is -3.93. The Morgan fingerprint density at radius 1 is 1.43 bits per heavy atom. The molecule has 1 aromatic heterocycles. The SMILES string of the molecule is COC(=O)C1=C(CN2[C@H]3COC[C@@H]2[C@@H](NS(N)(=O)=O)C3)NC(c2nccs2)=N[C@H]1c1ccc(F)cc1Cl. The van der Waals surface area contributed by atoms with Gasteiger partial charge in [-0.05, 0) is 18.6 Å². The van der Waals surface area contributed by atoms with Crippen LogP contribution in [0, 0.1) is 5.82 Å². The molecule has 4 heterocycles. The van der Waals surface area contributed by atoms with E-state index < -0.39 is 34.1 Å². The van der Waals surface area contributed by atoms with E-state index in [1.165, 1.54) is 30.6 Å². The average Bonchev–Trinajstić information content (AvgIpc) is 3.42. The Bertz CT molecular complexity index is 1370. The first-order chi connectivity index (χ1) is 17.6. The molecule has 0 amide bonds. The molecule has 2 saturated heterocycles. The normalized spacial score (nSPS) is 26.1. The molecule has 3 aliphatic rings. The number of hydrogen-bond donors (Lipinski definition) is 3. The van der Waals surface area contributed by atoms with Crippen molar-refractivity contribution in [3.63, 3.8) is 0 Å². The lowest BCUT2D eigenvalue weighted by molar-refractivity contribution is -0.136. The summed E-state index contributed by atoms with van der Waals surface area (Å²) >= 11 is 7.76. The first-order valence-corrected chi connectivity index (χ1v) is 14.1. The number of carbonyl (C=O) groups excluding carboxylic acids is 1. The standard InChI is InChI=1S/C22H24ClFN6O5S2/c1-34-22(31)18-16(8-30-12-7-15(29-37(25,32)33)17(30)10-35-9-12)27-20(21-26-4-5-36-21)28-19(18)13-3-2-11(24)6-14(13)23/h2-6,12,15,17,19,29H,7-10H2,1H3,(H,27,28)(H2,25,32,33)/t12-,15+,17-,19+/m1/s1. The summed E-state index contributed by atoms with van der Waals surface area (Å²) in [6.07, 6.45) is 2.12. The van der Waals surface area contributed by atoms with E-state index in [4.69, 9.17) is 31.2 Å². The van der Waals surface area contributed by atoms with Gasteiger partial charge in [-0.25, -0.2) is 19.3 Å². The first-order valence-electron chi connectivity index (χ1n) is 11.3. The zero-order chi connectivity index (χ0) is 26.3. The van der Waals surface area contributed by atoms with Gasteiger partial charge in [-0.2, -0.15) is 13.1 Å². The third-order valence-electron chi connectivity index (χ3n) is 6.56. The number of morpholine rings is 1. The van der Waals surface area contributed by atoms with Crippen molar-refractivity contribution in [2.24, 2.45) is 10.1 Å². The number of benzene rings is 1. The van der Waals surface area contributed by atoms with Gasteiger partial charge in [0.2, 0.25) is 0 Å². The van der Waals surface area contributed by atoms with Gasteiger partial charge < -0.3 is 14.8 Å². The summed E-state index contributed by atoms with van der Waals surface area (Å²) < 4.78 is 50.6. The Morgan fingerprint density at radius 2 is 2.24 bits per heavy atom. The lowest BCUT2D eigenvalue weighted by Crippen LogP contribution is -2.53. The molecule has 15 heteroatoms. The topological polar surface area (TPSA) is 148 Å². The molecular formula is C22H24ClFN6O5S2. The highest BCUT2D eigenvalue weighted by atomic mass is 35.5. The summed E-state index contributed by atoms with van der Waals surface area (Å²) in [5.74, 6) is -0.730. The van der Waals surface area contributed by atoms with Crippen LogP contribution in [-0.4, -0.2) is 75.1 Å². The molecule has 4 atom stereocenters. The van der Waals surface area contributed by atoms with Gasteiger partial charge in [0.25, 0.3) is 10.2 Å². The second-order valence-corrected chi connectivity index (χ2v) is 11.5. The first kappa shape index (κ1) is 26.2. The predicted molar refractivity (Wildman–Crippen MR) is 135 cm³/mol. The molecule has 37 heavy (non-hydrogen) atoms. The summed E-state index contributed by atoms with van der Waals surface area (Å²) in [6.45, 7) is 0.900. The fourth-order valence-electron chi connectivity index (χ4n) is 5.02. The van der Waals surface area contributed by atoms with Crippen LogP contribution in [0.4, 0.5) is 4.39 Å². The van der Waals surface area contributed by atoms with Crippen molar-refractivity contribution in [2.75, 3.05) is 26.9 Å². The van der Waals surface area contributed by atoms with Crippen molar-refractivity contribution in [1.29, 1.82) is 0 Å². The van der Waals surface area contributed by atoms with Crippen LogP contribution < -0.4 is 15.2 Å². The van der Waals surface area contributed by atoms with E-state index in [0.29, 0.717) is 35.1 Å². The van der Waals surface area contributed by atoms with Crippen LogP contribution in [-0.2, 0) is 24.5 Å². The Kier molecular flexibility index (Phi) is 7.33. The molecular weight excluding hydrogens is 547 g/mol. The molecule has 0 saturated carbocycles. The number of ether oxygens (including phenoxy) is 2. The zero-order valence-electron chi connectivity index (χ0n) is 19.6. The minimum Gasteiger partial charge on any atom is -0.466 e. The molecule has 0 radical (unpaired) electrons. The van der Waals surface area contributed by atoms with E-state index in [0.717, 1.165) is 6.07 Å². The van der Waals surface area contributed by atoms with Crippen molar-refractivity contribution < 1.29 is 27.1 Å². The number of halogens is 2. The van der Waals surface area contributed by atoms with Crippen molar-refractivity contribution in [3.8, 4) is 0 Å². The number of nitrogens with two attached hydrogens (primary N) is 1. The van der Waals surface area contributed by atoms with Gasteiger partial charge in [-0.3, -0.25) is 9.89 Å². The fourth-order valence-corrected chi connectivity index (χ4v) is 6.56. The third kappa shape index (κ3) is 5.41. The van der Waals surface area contributed by atoms with E-state index in [1.54, 1.807) is 11.6 Å². The minimum absolute atomic E-state index is 0.110. The number of esters is 1. The van der Waals surface area contributed by atoms with Gasteiger partial charge in [-0.15, -0.1) is 11.3 Å². The predicted octanol–water partition coefficient (Wildman–Crippen LogP) is 1.09. The van der Waals surface area contributed by atoms with Gasteiger partial charge in [-0.1, -0.05) is 17.7 Å². The summed E-state index contributed by atoms with van der Waals surface area (Å²) in [5.41, 5.74) is 1.12. The number of amidine groups is 1. The number of nitrogens with zero attached hydrogens (tertiary/aromatic N) is 3. The van der Waals surface area contributed by atoms with Crippen LogP contribution in [0.3, 0.4) is 0 Å². The van der Waals surface area contributed by atoms with E-state index in [1.807, 2.05) is 0 Å². The van der Waals surface area contributed by atoms with Crippen molar-refractivity contribution >= 4 is 45.0 Å². The number of methoxy groups -OCH3 is 1. The van der Waals surface area contributed by atoms with Gasteiger partial charge >= 0.3 is 5.97 Å². The number of thiazole rings is 1. The molecule has 2 bridgehead atoms. The van der Waals surface area contributed by atoms with Crippen LogP contribution in [0.15, 0.2) is 46.0 Å². The Labute approximate surface area is 221 Å². The van der Waals surface area contributed by atoms with E-state index >= 15 is 0 Å². The van der Waals surface area contributed by atoms with Crippen molar-refractivity contribution in [1.82, 2.24) is 19.9 Å². The van der Waals surface area contributed by atoms with Gasteiger partial charge in [0.1, 0.15) is 11.9 Å². The van der Waals surface area contributed by atoms with Gasteiger partial charge in [0, 0.05) is 46.5 Å². The molecule has 2 fully saturated rings. The molecule has 4 N–H and O–H groups in total. The van der Waals surface area contributed by atoms with Crippen molar-refractivity contribution in [3.05, 3.63) is 62.5 Å². The average molecular weight is 571 g/mol. The van der Waals surface area contributed by atoms with Crippen LogP contribution in [0.2, 0.25) is 5.02 Å². The molecule has 0 spiro atoms. The lowest BCUT2D eigenvalue weighted by atomic mass is 9.95. The lowest BCUT2D eigenvalue weighted by Gasteiger charge is -2.37. The highest BCUT2D eigenvalue weighted by molar-refractivity contribution is 7.87. The Hall–Kier alpha value is -2.46. The van der Waals surface area contributed by atoms with Crippen LogP contribution in [0.1, 0.15) is 23.0 Å². The van der Waals surface area contributed by atoms with E-state index in [9.17, 15) is 17.6 Å².